The molecule has 3 N–H and O–H groups in total. The second-order valence-corrected chi connectivity index (χ2v) is 1.86. The van der Waals surface area contributed by atoms with Crippen LogP contribution in [-0.4, -0.2) is 28.6 Å². The van der Waals surface area contributed by atoms with Crippen LogP contribution in [-0.2, 0) is 31.7 Å². The van der Waals surface area contributed by atoms with E-state index in [9.17, 15) is 0 Å². The van der Waals surface area contributed by atoms with Crippen molar-refractivity contribution in [3.8, 4) is 0 Å². The van der Waals surface area contributed by atoms with Crippen molar-refractivity contribution in [2.75, 3.05) is 0 Å². The van der Waals surface area contributed by atoms with Crippen LogP contribution in [0.25, 0.3) is 0 Å². The Balaban J connectivity index is -0.0000000910. The van der Waals surface area contributed by atoms with Crippen LogP contribution in [0, 0.1) is 0 Å². The van der Waals surface area contributed by atoms with Gasteiger partial charge in [0.2, 0.25) is 0 Å². The first-order valence-corrected chi connectivity index (χ1v) is 3.02. The normalized spacial score (nSPS) is 8.30. The first kappa shape index (κ1) is 16.4. The summed E-state index contributed by atoms with van der Waals surface area (Å²) in [5.41, 5.74) is 0. The van der Waals surface area contributed by atoms with Gasteiger partial charge in [0, 0.05) is 23.4 Å². The zero-order valence-electron chi connectivity index (χ0n) is 4.79. The number of aliphatic carboxylic acids is 1. The molecule has 0 saturated carbocycles. The fourth-order valence-electron chi connectivity index (χ4n) is 0. The van der Waals surface area contributed by atoms with E-state index < -0.39 is 16.4 Å². The molecule has 10 heavy (non-hydrogen) atoms. The van der Waals surface area contributed by atoms with Crippen molar-refractivity contribution >= 4 is 16.4 Å². The zero-order valence-corrected chi connectivity index (χ0v) is 6.59. The van der Waals surface area contributed by atoms with Gasteiger partial charge < -0.3 is 5.11 Å². The number of carboxylic acids is 1. The predicted octanol–water partition coefficient (Wildman–Crippen LogP) is -0.564. The minimum absolute atomic E-state index is 0. The molecule has 0 aliphatic heterocycles. The number of hydrogen-bond acceptors (Lipinski definition) is 3. The molecule has 0 aromatic rings. The number of hydrogen-bond donors (Lipinski definition) is 3. The first-order chi connectivity index (χ1) is 3.73. The van der Waals surface area contributed by atoms with E-state index in [1.807, 2.05) is 0 Å². The molecular weight excluding hydrogens is 211 g/mol. The van der Waals surface area contributed by atoms with Gasteiger partial charge in [-0.1, -0.05) is 0 Å². The van der Waals surface area contributed by atoms with E-state index in [0.717, 1.165) is 6.92 Å². The third-order valence-electron chi connectivity index (χ3n) is 0. The molecule has 0 aliphatic rings. The van der Waals surface area contributed by atoms with E-state index >= 15 is 0 Å². The third kappa shape index (κ3) is 13200. The van der Waals surface area contributed by atoms with Gasteiger partial charge in [-0.15, -0.1) is 0 Å². The first-order valence-electron chi connectivity index (χ1n) is 1.63. The molecule has 0 fully saturated rings. The standard InChI is InChI=1S/C2H4O2.Ni.H2O4S/c1-2(3)4;;1-5(2,3)4/h1H3,(H,3,4);;(H2,1,2,3,4). The Bertz CT molecular complexity index is 158. The van der Waals surface area contributed by atoms with Crippen LogP contribution < -0.4 is 0 Å². The largest absolute Gasteiger partial charge is 0.481 e. The topological polar surface area (TPSA) is 112 Å². The zero-order chi connectivity index (χ0) is 8.08. The molecule has 0 spiro atoms. The molecule has 0 heterocycles. The van der Waals surface area contributed by atoms with E-state index in [0.29, 0.717) is 0 Å². The Morgan fingerprint density at radius 2 is 1.30 bits per heavy atom. The van der Waals surface area contributed by atoms with E-state index in [1.165, 1.54) is 0 Å². The second-order valence-electron chi connectivity index (χ2n) is 0.967. The summed E-state index contributed by atoms with van der Waals surface area (Å²) in [6.07, 6.45) is 0. The summed E-state index contributed by atoms with van der Waals surface area (Å²) in [5.74, 6) is -0.833. The fraction of sp³-hybridized carbons (Fsp3) is 0.500. The Kier molecular flexibility index (Phi) is 11.4. The molecule has 0 saturated heterocycles. The molecule has 0 aromatic carbocycles. The van der Waals surface area contributed by atoms with Crippen LogP contribution in [0.1, 0.15) is 6.92 Å². The molecule has 0 rings (SSSR count). The molecule has 0 amide bonds. The van der Waals surface area contributed by atoms with Crippen molar-refractivity contribution in [2.24, 2.45) is 0 Å². The average molecular weight is 217 g/mol. The van der Waals surface area contributed by atoms with Crippen LogP contribution in [0.4, 0.5) is 0 Å². The fourth-order valence-corrected chi connectivity index (χ4v) is 0. The van der Waals surface area contributed by atoms with Crippen LogP contribution in [0.3, 0.4) is 0 Å². The molecule has 0 bridgehead atoms. The van der Waals surface area contributed by atoms with Gasteiger partial charge in [0.05, 0.1) is 0 Å². The number of carboxylic acid groups (broad SMARTS) is 1. The number of carbonyl (C=O) groups is 1. The van der Waals surface area contributed by atoms with Crippen molar-refractivity contribution in [2.45, 2.75) is 6.92 Å². The molecule has 0 aliphatic carbocycles. The molecule has 66 valence electrons. The predicted molar refractivity (Wildman–Crippen MR) is 27.5 cm³/mol. The second kappa shape index (κ2) is 6.95. The SMILES string of the molecule is CC(=O)O.O=S(=O)(O)O.[Ni]. The van der Waals surface area contributed by atoms with Gasteiger partial charge in [-0.3, -0.25) is 13.9 Å². The molecule has 0 radical (unpaired) electrons. The molecule has 0 unspecified atom stereocenters. The molecule has 6 nitrogen and oxygen atoms in total. The van der Waals surface area contributed by atoms with E-state index in [1.54, 1.807) is 0 Å². The maximum absolute atomic E-state index is 9.00. The molecule has 8 heteroatoms. The maximum atomic E-state index is 9.00. The molecular formula is C2H6NiO6S. The summed E-state index contributed by atoms with van der Waals surface area (Å²) in [7, 11) is -4.67. The average Bonchev–Trinajstić information content (AvgIpc) is 1.19. The van der Waals surface area contributed by atoms with E-state index in [-0.39, 0.29) is 16.5 Å². The van der Waals surface area contributed by atoms with Gasteiger partial charge in [-0.2, -0.15) is 8.42 Å². The van der Waals surface area contributed by atoms with Crippen LogP contribution in [0.2, 0.25) is 0 Å². The van der Waals surface area contributed by atoms with Gasteiger partial charge in [0.15, 0.2) is 0 Å². The van der Waals surface area contributed by atoms with Gasteiger partial charge in [0.25, 0.3) is 5.97 Å². The van der Waals surface area contributed by atoms with Crippen LogP contribution in [0.15, 0.2) is 0 Å². The van der Waals surface area contributed by atoms with Crippen molar-refractivity contribution in [1.82, 2.24) is 0 Å². The summed E-state index contributed by atoms with van der Waals surface area (Å²) in [4.78, 5) is 9.00. The minimum Gasteiger partial charge on any atom is -0.481 e. The Morgan fingerprint density at radius 1 is 1.30 bits per heavy atom. The molecule has 0 aromatic heterocycles. The smallest absolute Gasteiger partial charge is 0.394 e. The third-order valence-corrected chi connectivity index (χ3v) is 0. The van der Waals surface area contributed by atoms with Gasteiger partial charge >= 0.3 is 10.4 Å². The van der Waals surface area contributed by atoms with Crippen molar-refractivity contribution in [3.05, 3.63) is 0 Å². The van der Waals surface area contributed by atoms with E-state index in [2.05, 4.69) is 0 Å². The van der Waals surface area contributed by atoms with Crippen molar-refractivity contribution < 1.29 is 43.9 Å². The summed E-state index contributed by atoms with van der Waals surface area (Å²) < 4.78 is 31.6. The summed E-state index contributed by atoms with van der Waals surface area (Å²) >= 11 is 0. The summed E-state index contributed by atoms with van der Waals surface area (Å²) in [6.45, 7) is 1.08. The quantitative estimate of drug-likeness (QED) is 0.370. The summed E-state index contributed by atoms with van der Waals surface area (Å²) in [6, 6.07) is 0. The minimum atomic E-state index is -4.67. The Morgan fingerprint density at radius 3 is 1.30 bits per heavy atom. The maximum Gasteiger partial charge on any atom is 0.394 e. The van der Waals surface area contributed by atoms with Gasteiger partial charge in [-0.05, 0) is 0 Å². The van der Waals surface area contributed by atoms with Crippen LogP contribution in [0.5, 0.6) is 0 Å². The Labute approximate surface area is 67.7 Å². The van der Waals surface area contributed by atoms with Crippen LogP contribution >= 0.6 is 0 Å². The summed E-state index contributed by atoms with van der Waals surface area (Å²) in [5, 5.41) is 7.42. The Hall–Kier alpha value is -0.166. The monoisotopic (exact) mass is 216 g/mol. The van der Waals surface area contributed by atoms with Gasteiger partial charge in [0.1, 0.15) is 0 Å². The molecule has 0 atom stereocenters. The van der Waals surface area contributed by atoms with Crippen molar-refractivity contribution in [3.63, 3.8) is 0 Å². The van der Waals surface area contributed by atoms with E-state index in [4.69, 9.17) is 27.4 Å². The number of rotatable bonds is 0. The van der Waals surface area contributed by atoms with Crippen molar-refractivity contribution in [1.29, 1.82) is 0 Å². The van der Waals surface area contributed by atoms with Gasteiger partial charge in [-0.25, -0.2) is 0 Å².